The van der Waals surface area contributed by atoms with E-state index in [2.05, 4.69) is 4.90 Å². The first-order valence-corrected chi connectivity index (χ1v) is 8.16. The van der Waals surface area contributed by atoms with Crippen LogP contribution < -0.4 is 0 Å². The van der Waals surface area contributed by atoms with Crippen LogP contribution >= 0.6 is 0 Å². The minimum absolute atomic E-state index is 0.723. The van der Waals surface area contributed by atoms with Crippen LogP contribution in [0.4, 0.5) is 0 Å². The standard InChI is InChI=1S/C16H30N2O/c1-17(14-19)13-16-8-11-18(12-9-16)10-7-15-5-3-2-4-6-15/h14-16H,2-13H2,1H3. The second kappa shape index (κ2) is 7.88. The summed E-state index contributed by atoms with van der Waals surface area (Å²) in [7, 11) is 1.89. The smallest absolute Gasteiger partial charge is 0.209 e. The molecule has 0 atom stereocenters. The zero-order chi connectivity index (χ0) is 13.5. The van der Waals surface area contributed by atoms with Crippen molar-refractivity contribution < 1.29 is 4.79 Å². The minimum atomic E-state index is 0.723. The number of piperidine rings is 1. The molecule has 0 N–H and O–H groups in total. The summed E-state index contributed by atoms with van der Waals surface area (Å²) < 4.78 is 0. The zero-order valence-corrected chi connectivity index (χ0v) is 12.5. The van der Waals surface area contributed by atoms with Gasteiger partial charge in [0.05, 0.1) is 0 Å². The lowest BCUT2D eigenvalue weighted by molar-refractivity contribution is -0.117. The highest BCUT2D eigenvalue weighted by Gasteiger charge is 2.21. The highest BCUT2D eigenvalue weighted by molar-refractivity contribution is 5.46. The van der Waals surface area contributed by atoms with Gasteiger partial charge in [0.2, 0.25) is 6.41 Å². The first-order chi connectivity index (χ1) is 9.28. The van der Waals surface area contributed by atoms with Gasteiger partial charge >= 0.3 is 0 Å². The molecule has 1 aliphatic heterocycles. The number of hydrogen-bond acceptors (Lipinski definition) is 2. The van der Waals surface area contributed by atoms with E-state index in [0.717, 1.165) is 24.8 Å². The summed E-state index contributed by atoms with van der Waals surface area (Å²) in [4.78, 5) is 15.1. The van der Waals surface area contributed by atoms with Gasteiger partial charge in [0.15, 0.2) is 0 Å². The number of nitrogens with zero attached hydrogens (tertiary/aromatic N) is 2. The minimum Gasteiger partial charge on any atom is -0.348 e. The molecule has 2 aliphatic rings. The second-order valence-corrected chi connectivity index (χ2v) is 6.62. The Morgan fingerprint density at radius 3 is 2.37 bits per heavy atom. The van der Waals surface area contributed by atoms with Gasteiger partial charge in [0, 0.05) is 13.6 Å². The predicted octanol–water partition coefficient (Wildman–Crippen LogP) is 2.76. The first kappa shape index (κ1) is 14.8. The van der Waals surface area contributed by atoms with Gasteiger partial charge in [-0.05, 0) is 50.7 Å². The maximum absolute atomic E-state index is 10.6. The number of amides is 1. The zero-order valence-electron chi connectivity index (χ0n) is 12.5. The topological polar surface area (TPSA) is 23.6 Å². The Bertz CT molecular complexity index is 255. The van der Waals surface area contributed by atoms with E-state index in [-0.39, 0.29) is 0 Å². The Labute approximate surface area is 118 Å². The van der Waals surface area contributed by atoms with Crippen molar-refractivity contribution in [1.82, 2.24) is 9.80 Å². The fourth-order valence-electron chi connectivity index (χ4n) is 3.68. The van der Waals surface area contributed by atoms with Crippen LogP contribution in [0.5, 0.6) is 0 Å². The number of rotatable bonds is 6. The first-order valence-electron chi connectivity index (χ1n) is 8.16. The molecule has 3 heteroatoms. The molecule has 0 aromatic carbocycles. The number of carbonyl (C=O) groups is 1. The highest BCUT2D eigenvalue weighted by Crippen LogP contribution is 2.27. The van der Waals surface area contributed by atoms with Crippen molar-refractivity contribution in [2.45, 2.75) is 51.4 Å². The Kier molecular flexibility index (Phi) is 6.15. The molecule has 0 bridgehead atoms. The molecule has 1 amide bonds. The van der Waals surface area contributed by atoms with E-state index in [1.165, 1.54) is 71.0 Å². The molecule has 0 spiro atoms. The molecule has 1 heterocycles. The van der Waals surface area contributed by atoms with E-state index in [9.17, 15) is 4.79 Å². The van der Waals surface area contributed by atoms with Crippen LogP contribution in [-0.2, 0) is 4.79 Å². The van der Waals surface area contributed by atoms with Crippen molar-refractivity contribution in [1.29, 1.82) is 0 Å². The lowest BCUT2D eigenvalue weighted by Gasteiger charge is -2.34. The van der Waals surface area contributed by atoms with Gasteiger partial charge in [0.1, 0.15) is 0 Å². The summed E-state index contributed by atoms with van der Waals surface area (Å²) in [6, 6.07) is 0. The summed E-state index contributed by atoms with van der Waals surface area (Å²) in [6.45, 7) is 4.73. The van der Waals surface area contributed by atoms with Crippen LogP contribution in [0, 0.1) is 11.8 Å². The van der Waals surface area contributed by atoms with Crippen molar-refractivity contribution in [2.24, 2.45) is 11.8 Å². The van der Waals surface area contributed by atoms with E-state index < -0.39 is 0 Å². The van der Waals surface area contributed by atoms with Crippen LogP contribution in [0.15, 0.2) is 0 Å². The van der Waals surface area contributed by atoms with E-state index >= 15 is 0 Å². The average molecular weight is 266 g/mol. The van der Waals surface area contributed by atoms with Crippen LogP contribution in [0.1, 0.15) is 51.4 Å². The van der Waals surface area contributed by atoms with Crippen LogP contribution in [0.2, 0.25) is 0 Å². The third-order valence-electron chi connectivity index (χ3n) is 5.01. The molecule has 2 rings (SSSR count). The molecule has 2 fully saturated rings. The Morgan fingerprint density at radius 1 is 1.05 bits per heavy atom. The Hall–Kier alpha value is -0.570. The summed E-state index contributed by atoms with van der Waals surface area (Å²) in [6.07, 6.45) is 12.2. The average Bonchev–Trinajstić information content (AvgIpc) is 2.47. The van der Waals surface area contributed by atoms with Gasteiger partial charge in [0.25, 0.3) is 0 Å². The molecule has 1 saturated heterocycles. The van der Waals surface area contributed by atoms with Gasteiger partial charge in [-0.1, -0.05) is 32.1 Å². The van der Waals surface area contributed by atoms with Crippen molar-refractivity contribution in [3.8, 4) is 0 Å². The molecule has 0 radical (unpaired) electrons. The van der Waals surface area contributed by atoms with Crippen LogP contribution in [0.25, 0.3) is 0 Å². The monoisotopic (exact) mass is 266 g/mol. The highest BCUT2D eigenvalue weighted by atomic mass is 16.1. The van der Waals surface area contributed by atoms with Crippen molar-refractivity contribution >= 4 is 6.41 Å². The molecule has 1 aliphatic carbocycles. The van der Waals surface area contributed by atoms with Crippen molar-refractivity contribution in [3.63, 3.8) is 0 Å². The maximum atomic E-state index is 10.6. The normalized spacial score (nSPS) is 23.4. The Morgan fingerprint density at radius 2 is 1.74 bits per heavy atom. The molecule has 0 aromatic rings. The Balaban J connectivity index is 1.59. The largest absolute Gasteiger partial charge is 0.348 e. The van der Waals surface area contributed by atoms with E-state index in [4.69, 9.17) is 0 Å². The van der Waals surface area contributed by atoms with E-state index in [1.54, 1.807) is 4.90 Å². The van der Waals surface area contributed by atoms with Crippen molar-refractivity contribution in [3.05, 3.63) is 0 Å². The quantitative estimate of drug-likeness (QED) is 0.690. The van der Waals surface area contributed by atoms with Gasteiger partial charge in [-0.3, -0.25) is 4.79 Å². The molecule has 0 aromatic heterocycles. The fraction of sp³-hybridized carbons (Fsp3) is 0.938. The van der Waals surface area contributed by atoms with Crippen LogP contribution in [0.3, 0.4) is 0 Å². The lowest BCUT2D eigenvalue weighted by Crippen LogP contribution is -2.38. The maximum Gasteiger partial charge on any atom is 0.209 e. The second-order valence-electron chi connectivity index (χ2n) is 6.62. The molecule has 3 nitrogen and oxygen atoms in total. The summed E-state index contributed by atoms with van der Waals surface area (Å²) in [5, 5.41) is 0. The lowest BCUT2D eigenvalue weighted by atomic mass is 9.86. The van der Waals surface area contributed by atoms with Crippen molar-refractivity contribution in [2.75, 3.05) is 33.2 Å². The molecular weight excluding hydrogens is 236 g/mol. The van der Waals surface area contributed by atoms with Gasteiger partial charge in [-0.15, -0.1) is 0 Å². The molecule has 19 heavy (non-hydrogen) atoms. The third-order valence-corrected chi connectivity index (χ3v) is 5.01. The van der Waals surface area contributed by atoms with Gasteiger partial charge in [-0.25, -0.2) is 0 Å². The van der Waals surface area contributed by atoms with Crippen LogP contribution in [-0.4, -0.2) is 49.4 Å². The van der Waals surface area contributed by atoms with E-state index in [0.29, 0.717) is 0 Å². The van der Waals surface area contributed by atoms with E-state index in [1.807, 2.05) is 7.05 Å². The third kappa shape index (κ3) is 5.13. The number of carbonyl (C=O) groups excluding carboxylic acids is 1. The summed E-state index contributed by atoms with van der Waals surface area (Å²) in [5.74, 6) is 1.73. The summed E-state index contributed by atoms with van der Waals surface area (Å²) >= 11 is 0. The van der Waals surface area contributed by atoms with Gasteiger partial charge < -0.3 is 9.80 Å². The predicted molar refractivity (Wildman–Crippen MR) is 79.1 cm³/mol. The molecule has 1 saturated carbocycles. The molecular formula is C16H30N2O. The fourth-order valence-corrected chi connectivity index (χ4v) is 3.68. The molecule has 110 valence electrons. The van der Waals surface area contributed by atoms with Gasteiger partial charge in [-0.2, -0.15) is 0 Å². The summed E-state index contributed by atoms with van der Waals surface area (Å²) in [5.41, 5.74) is 0. The number of likely N-dealkylation sites (tertiary alicyclic amines) is 1. The molecule has 0 unspecified atom stereocenters. The number of hydrogen-bond donors (Lipinski definition) is 0. The SMILES string of the molecule is CN(C=O)CC1CCN(CCC2CCCCC2)CC1.